The molecular formula is C11H18F3NO. The van der Waals surface area contributed by atoms with Crippen molar-refractivity contribution in [2.45, 2.75) is 58.2 Å². The second kappa shape index (κ2) is 3.64. The van der Waals surface area contributed by atoms with E-state index in [4.69, 9.17) is 0 Å². The minimum Gasteiger partial charge on any atom is -0.350 e. The number of carbonyl (C=O) groups is 1. The summed E-state index contributed by atoms with van der Waals surface area (Å²) in [5, 5.41) is 2.45. The normalized spacial score (nSPS) is 24.4. The van der Waals surface area contributed by atoms with Gasteiger partial charge in [0.1, 0.15) is 0 Å². The highest BCUT2D eigenvalue weighted by Crippen LogP contribution is 2.48. The van der Waals surface area contributed by atoms with Gasteiger partial charge in [-0.25, -0.2) is 13.2 Å². The molecule has 2 nitrogen and oxygen atoms in total. The van der Waals surface area contributed by atoms with Gasteiger partial charge in [-0.15, -0.1) is 0 Å². The maximum atomic E-state index is 13.7. The number of nitrogens with one attached hydrogen (secondary N) is 1. The maximum absolute atomic E-state index is 13.7. The summed E-state index contributed by atoms with van der Waals surface area (Å²) in [5.41, 5.74) is -2.61. The summed E-state index contributed by atoms with van der Waals surface area (Å²) < 4.78 is 38.7. The zero-order valence-electron chi connectivity index (χ0n) is 10.0. The smallest absolute Gasteiger partial charge is 0.258 e. The fraction of sp³-hybridized carbons (Fsp3) is 0.909. The molecule has 1 fully saturated rings. The highest BCUT2D eigenvalue weighted by atomic mass is 19.3. The minimum absolute atomic E-state index is 0.224. The van der Waals surface area contributed by atoms with Gasteiger partial charge < -0.3 is 5.32 Å². The van der Waals surface area contributed by atoms with Gasteiger partial charge in [0.15, 0.2) is 5.67 Å². The molecule has 1 unspecified atom stereocenters. The molecule has 0 bridgehead atoms. The SMILES string of the molecule is CC(NC(=O)C1(F)CC(F)(F)C1)C(C)(C)C. The lowest BCUT2D eigenvalue weighted by Crippen LogP contribution is -2.60. The third-order valence-corrected chi connectivity index (χ3v) is 3.13. The van der Waals surface area contributed by atoms with Crippen LogP contribution in [0.4, 0.5) is 13.2 Å². The van der Waals surface area contributed by atoms with E-state index in [-0.39, 0.29) is 11.5 Å². The largest absolute Gasteiger partial charge is 0.350 e. The molecule has 1 amide bonds. The number of halogens is 3. The Morgan fingerprint density at radius 1 is 1.25 bits per heavy atom. The molecule has 94 valence electrons. The van der Waals surface area contributed by atoms with Crippen molar-refractivity contribution in [3.8, 4) is 0 Å². The second-order valence-corrected chi connectivity index (χ2v) is 5.74. The van der Waals surface area contributed by atoms with Crippen LogP contribution in [-0.2, 0) is 4.79 Å². The average molecular weight is 237 g/mol. The van der Waals surface area contributed by atoms with E-state index < -0.39 is 30.3 Å². The first-order valence-electron chi connectivity index (χ1n) is 5.34. The van der Waals surface area contributed by atoms with Crippen LogP contribution in [0.15, 0.2) is 0 Å². The van der Waals surface area contributed by atoms with Crippen molar-refractivity contribution in [2.24, 2.45) is 5.41 Å². The number of hydrogen-bond acceptors (Lipinski definition) is 1. The van der Waals surface area contributed by atoms with E-state index in [0.29, 0.717) is 0 Å². The molecule has 0 aliphatic heterocycles. The van der Waals surface area contributed by atoms with Crippen LogP contribution in [0.5, 0.6) is 0 Å². The predicted molar refractivity (Wildman–Crippen MR) is 55.1 cm³/mol. The first kappa shape index (κ1) is 13.3. The van der Waals surface area contributed by atoms with E-state index in [2.05, 4.69) is 5.32 Å². The standard InChI is InChI=1S/C11H18F3NO/c1-7(9(2,3)4)15-8(16)10(12)5-11(13,14)6-10/h7H,5-6H2,1-4H3,(H,15,16). The van der Waals surface area contributed by atoms with Gasteiger partial charge in [-0.3, -0.25) is 4.79 Å². The van der Waals surface area contributed by atoms with Crippen LogP contribution < -0.4 is 5.32 Å². The van der Waals surface area contributed by atoms with Gasteiger partial charge in [0, 0.05) is 6.04 Å². The molecule has 1 saturated carbocycles. The van der Waals surface area contributed by atoms with E-state index in [1.807, 2.05) is 20.8 Å². The summed E-state index contributed by atoms with van der Waals surface area (Å²) in [6.45, 7) is 7.40. The lowest BCUT2D eigenvalue weighted by Gasteiger charge is -2.41. The number of hydrogen-bond donors (Lipinski definition) is 1. The van der Waals surface area contributed by atoms with Crippen LogP contribution in [0.25, 0.3) is 0 Å². The summed E-state index contributed by atoms with van der Waals surface area (Å²) in [6.07, 6.45) is -1.99. The second-order valence-electron chi connectivity index (χ2n) is 5.74. The van der Waals surface area contributed by atoms with E-state index in [9.17, 15) is 18.0 Å². The van der Waals surface area contributed by atoms with E-state index in [1.165, 1.54) is 0 Å². The van der Waals surface area contributed by atoms with Gasteiger partial charge in [-0.2, -0.15) is 0 Å². The Balaban J connectivity index is 2.55. The molecule has 5 heteroatoms. The Kier molecular flexibility index (Phi) is 3.03. The van der Waals surface area contributed by atoms with Crippen LogP contribution in [0.2, 0.25) is 0 Å². The van der Waals surface area contributed by atoms with Crippen molar-refractivity contribution in [1.82, 2.24) is 5.32 Å². The molecule has 1 N–H and O–H groups in total. The van der Waals surface area contributed by atoms with Crippen LogP contribution in [-0.4, -0.2) is 23.5 Å². The molecule has 0 aromatic carbocycles. The molecule has 1 aliphatic rings. The van der Waals surface area contributed by atoms with Gasteiger partial charge in [0.2, 0.25) is 0 Å². The van der Waals surface area contributed by atoms with Crippen LogP contribution in [0.3, 0.4) is 0 Å². The Hall–Kier alpha value is -0.740. The number of carbonyl (C=O) groups excluding carboxylic acids is 1. The summed E-state index contributed by atoms with van der Waals surface area (Å²) in [7, 11) is 0. The molecule has 1 atom stereocenters. The zero-order chi connectivity index (χ0) is 12.8. The quantitative estimate of drug-likeness (QED) is 0.786. The number of rotatable bonds is 2. The Morgan fingerprint density at radius 3 is 2.00 bits per heavy atom. The van der Waals surface area contributed by atoms with Crippen LogP contribution in [0, 0.1) is 5.41 Å². The topological polar surface area (TPSA) is 29.1 Å². The van der Waals surface area contributed by atoms with Crippen molar-refractivity contribution in [2.75, 3.05) is 0 Å². The highest BCUT2D eigenvalue weighted by Gasteiger charge is 2.62. The van der Waals surface area contributed by atoms with Crippen LogP contribution >= 0.6 is 0 Å². The molecule has 0 heterocycles. The van der Waals surface area contributed by atoms with Crippen molar-refractivity contribution < 1.29 is 18.0 Å². The Morgan fingerprint density at radius 2 is 1.69 bits per heavy atom. The lowest BCUT2D eigenvalue weighted by molar-refractivity contribution is -0.185. The molecule has 0 aromatic heterocycles. The minimum atomic E-state index is -3.03. The molecule has 0 spiro atoms. The molecule has 16 heavy (non-hydrogen) atoms. The average Bonchev–Trinajstić information content (AvgIpc) is 1.98. The van der Waals surface area contributed by atoms with Gasteiger partial charge in [0.05, 0.1) is 12.8 Å². The molecule has 0 aromatic rings. The molecule has 1 aliphatic carbocycles. The summed E-state index contributed by atoms with van der Waals surface area (Å²) >= 11 is 0. The fourth-order valence-corrected chi connectivity index (χ4v) is 1.47. The zero-order valence-corrected chi connectivity index (χ0v) is 10.0. The Labute approximate surface area is 93.6 Å². The van der Waals surface area contributed by atoms with Crippen LogP contribution in [0.1, 0.15) is 40.5 Å². The van der Waals surface area contributed by atoms with Gasteiger partial charge in [0.25, 0.3) is 11.8 Å². The lowest BCUT2D eigenvalue weighted by atomic mass is 9.77. The van der Waals surface area contributed by atoms with Gasteiger partial charge in [-0.05, 0) is 12.3 Å². The highest BCUT2D eigenvalue weighted by molar-refractivity contribution is 5.86. The fourth-order valence-electron chi connectivity index (χ4n) is 1.47. The van der Waals surface area contributed by atoms with Gasteiger partial charge >= 0.3 is 0 Å². The van der Waals surface area contributed by atoms with Crippen molar-refractivity contribution in [1.29, 1.82) is 0 Å². The monoisotopic (exact) mass is 237 g/mol. The number of amides is 1. The first-order chi connectivity index (χ1) is 6.96. The van der Waals surface area contributed by atoms with E-state index >= 15 is 0 Å². The van der Waals surface area contributed by atoms with Crippen molar-refractivity contribution >= 4 is 5.91 Å². The van der Waals surface area contributed by atoms with Crippen molar-refractivity contribution in [3.05, 3.63) is 0 Å². The van der Waals surface area contributed by atoms with E-state index in [1.54, 1.807) is 6.92 Å². The molecular weight excluding hydrogens is 219 g/mol. The third kappa shape index (κ3) is 2.68. The maximum Gasteiger partial charge on any atom is 0.258 e. The molecule has 1 rings (SSSR count). The summed E-state index contributed by atoms with van der Waals surface area (Å²) in [6, 6.07) is -0.262. The first-order valence-corrected chi connectivity index (χ1v) is 5.34. The third-order valence-electron chi connectivity index (χ3n) is 3.13. The van der Waals surface area contributed by atoms with Crippen molar-refractivity contribution in [3.63, 3.8) is 0 Å². The summed E-state index contributed by atoms with van der Waals surface area (Å²) in [5.74, 6) is -3.95. The van der Waals surface area contributed by atoms with E-state index in [0.717, 1.165) is 0 Å². The molecule has 0 saturated heterocycles. The Bertz CT molecular complexity index is 288. The van der Waals surface area contributed by atoms with Gasteiger partial charge in [-0.1, -0.05) is 20.8 Å². The number of alkyl halides is 3. The molecule has 0 radical (unpaired) electrons. The summed E-state index contributed by atoms with van der Waals surface area (Å²) in [4.78, 5) is 11.5. The predicted octanol–water partition coefficient (Wildman–Crippen LogP) is 2.67.